The Kier molecular flexibility index (Phi) is 7.18. The Balaban J connectivity index is 0.00000240. The number of rotatable bonds is 4. The molecular formula is C21H25IN4O3. The van der Waals surface area contributed by atoms with Gasteiger partial charge in [-0.3, -0.25) is 4.79 Å². The van der Waals surface area contributed by atoms with E-state index in [1.165, 1.54) is 0 Å². The largest absolute Gasteiger partial charge is 0.493 e. The second-order valence-electron chi connectivity index (χ2n) is 6.87. The molecular weight excluding hydrogens is 483 g/mol. The average Bonchev–Trinajstić information content (AvgIpc) is 2.73. The molecule has 4 N–H and O–H groups in total. The van der Waals surface area contributed by atoms with Crippen LogP contribution in [-0.2, 0) is 4.79 Å². The van der Waals surface area contributed by atoms with Crippen molar-refractivity contribution in [1.29, 1.82) is 0 Å². The Labute approximate surface area is 187 Å². The molecule has 2 atom stereocenters. The fourth-order valence-corrected chi connectivity index (χ4v) is 3.61. The van der Waals surface area contributed by atoms with E-state index >= 15 is 0 Å². The number of nitrogens with one attached hydrogen (secondary N) is 2. The molecule has 4 rings (SSSR count). The number of halogens is 1. The van der Waals surface area contributed by atoms with Gasteiger partial charge in [-0.15, -0.1) is 24.0 Å². The minimum absolute atomic E-state index is 0. The maximum atomic E-state index is 12.4. The van der Waals surface area contributed by atoms with E-state index in [-0.39, 0.29) is 54.5 Å². The number of carbonyl (C=O) groups excluding carboxylic acids is 1. The number of fused-ring (bicyclic) bond motifs is 2. The number of aliphatic imine (C=N–C) groups is 1. The SMILES string of the molecule is I.NC(=NCC(=O)NC1CCOc2ccccc21)NC1CCOc2ccccc21. The lowest BCUT2D eigenvalue weighted by atomic mass is 10.0. The number of amides is 1. The van der Waals surface area contributed by atoms with Gasteiger partial charge in [0.25, 0.3) is 0 Å². The van der Waals surface area contributed by atoms with E-state index in [0.717, 1.165) is 35.5 Å². The molecule has 2 aromatic carbocycles. The lowest BCUT2D eigenvalue weighted by Gasteiger charge is -2.27. The van der Waals surface area contributed by atoms with Crippen LogP contribution in [0.2, 0.25) is 0 Å². The number of guanidine groups is 1. The summed E-state index contributed by atoms with van der Waals surface area (Å²) in [5.41, 5.74) is 8.07. The zero-order valence-electron chi connectivity index (χ0n) is 16.0. The van der Waals surface area contributed by atoms with Crippen molar-refractivity contribution in [2.75, 3.05) is 19.8 Å². The summed E-state index contributed by atoms with van der Waals surface area (Å²) in [5.74, 6) is 1.76. The molecule has 2 aliphatic rings. The summed E-state index contributed by atoms with van der Waals surface area (Å²) >= 11 is 0. The van der Waals surface area contributed by atoms with Gasteiger partial charge < -0.3 is 25.8 Å². The normalized spacial score (nSPS) is 20.1. The van der Waals surface area contributed by atoms with Gasteiger partial charge in [0.05, 0.1) is 25.3 Å². The summed E-state index contributed by atoms with van der Waals surface area (Å²) in [7, 11) is 0. The second kappa shape index (κ2) is 9.82. The summed E-state index contributed by atoms with van der Waals surface area (Å²) in [6.45, 7) is 1.17. The highest BCUT2D eigenvalue weighted by Gasteiger charge is 2.23. The standard InChI is InChI=1S/C21H24N4O3.HI/c22-21(25-17-10-12-28-19-8-4-2-6-15(17)19)23-13-20(26)24-16-9-11-27-18-7-3-1-5-14(16)18;/h1-8,16-17H,9-13H2,(H,24,26)(H3,22,23,25);1H. The first kappa shape index (κ1) is 21.2. The molecule has 2 heterocycles. The highest BCUT2D eigenvalue weighted by molar-refractivity contribution is 14.0. The van der Waals surface area contributed by atoms with Gasteiger partial charge in [0, 0.05) is 24.0 Å². The van der Waals surface area contributed by atoms with Crippen LogP contribution in [0, 0.1) is 0 Å². The molecule has 0 aromatic heterocycles. The van der Waals surface area contributed by atoms with E-state index in [1.807, 2.05) is 48.5 Å². The van der Waals surface area contributed by atoms with Gasteiger partial charge >= 0.3 is 0 Å². The lowest BCUT2D eigenvalue weighted by molar-refractivity contribution is -0.120. The maximum absolute atomic E-state index is 12.4. The van der Waals surface area contributed by atoms with Crippen LogP contribution in [0.1, 0.15) is 36.1 Å². The second-order valence-corrected chi connectivity index (χ2v) is 6.87. The highest BCUT2D eigenvalue weighted by Crippen LogP contribution is 2.32. The Bertz CT molecular complexity index is 890. The molecule has 0 bridgehead atoms. The van der Waals surface area contributed by atoms with Crippen LogP contribution in [0.25, 0.3) is 0 Å². The summed E-state index contributed by atoms with van der Waals surface area (Å²) in [4.78, 5) is 16.6. The number of ether oxygens (including phenoxy) is 2. The molecule has 0 spiro atoms. The number of carbonyl (C=O) groups is 1. The Hall–Kier alpha value is -2.49. The zero-order valence-corrected chi connectivity index (χ0v) is 18.3. The van der Waals surface area contributed by atoms with E-state index in [2.05, 4.69) is 15.6 Å². The molecule has 0 saturated heterocycles. The first-order valence-corrected chi connectivity index (χ1v) is 9.50. The van der Waals surface area contributed by atoms with Gasteiger partial charge in [0.15, 0.2) is 5.96 Å². The van der Waals surface area contributed by atoms with Crippen molar-refractivity contribution in [3.63, 3.8) is 0 Å². The molecule has 2 aromatic rings. The van der Waals surface area contributed by atoms with E-state index in [4.69, 9.17) is 15.2 Å². The number of nitrogens with two attached hydrogens (primary N) is 1. The van der Waals surface area contributed by atoms with Gasteiger partial charge in [-0.05, 0) is 12.1 Å². The summed E-state index contributed by atoms with van der Waals surface area (Å²) < 4.78 is 11.3. The fourth-order valence-electron chi connectivity index (χ4n) is 3.61. The van der Waals surface area contributed by atoms with Crippen molar-refractivity contribution in [3.05, 3.63) is 59.7 Å². The van der Waals surface area contributed by atoms with Crippen LogP contribution in [0.3, 0.4) is 0 Å². The van der Waals surface area contributed by atoms with Gasteiger partial charge in [0.1, 0.15) is 18.0 Å². The summed E-state index contributed by atoms with van der Waals surface area (Å²) in [6.07, 6.45) is 1.53. The number of hydrogen-bond donors (Lipinski definition) is 3. The highest BCUT2D eigenvalue weighted by atomic mass is 127. The molecule has 0 fully saturated rings. The summed E-state index contributed by atoms with van der Waals surface area (Å²) in [6, 6.07) is 15.6. The fraction of sp³-hybridized carbons (Fsp3) is 0.333. The van der Waals surface area contributed by atoms with Gasteiger partial charge in [-0.25, -0.2) is 4.99 Å². The van der Waals surface area contributed by atoms with Crippen LogP contribution in [0.15, 0.2) is 53.5 Å². The third kappa shape index (κ3) is 5.11. The molecule has 8 heteroatoms. The number of para-hydroxylation sites is 2. The molecule has 154 valence electrons. The predicted molar refractivity (Wildman–Crippen MR) is 122 cm³/mol. The van der Waals surface area contributed by atoms with Crippen LogP contribution in [-0.4, -0.2) is 31.6 Å². The Morgan fingerprint density at radius 3 is 2.03 bits per heavy atom. The minimum atomic E-state index is -0.168. The molecule has 0 radical (unpaired) electrons. The van der Waals surface area contributed by atoms with Crippen molar-refractivity contribution >= 4 is 35.8 Å². The van der Waals surface area contributed by atoms with Crippen molar-refractivity contribution in [3.8, 4) is 11.5 Å². The summed E-state index contributed by atoms with van der Waals surface area (Å²) in [5, 5.41) is 6.22. The number of benzene rings is 2. The molecule has 0 aliphatic carbocycles. The van der Waals surface area contributed by atoms with Gasteiger partial charge in [-0.2, -0.15) is 0 Å². The first-order valence-electron chi connectivity index (χ1n) is 9.50. The number of hydrogen-bond acceptors (Lipinski definition) is 4. The third-order valence-electron chi connectivity index (χ3n) is 4.97. The monoisotopic (exact) mass is 508 g/mol. The average molecular weight is 508 g/mol. The molecule has 1 amide bonds. The molecule has 2 aliphatic heterocycles. The topological polar surface area (TPSA) is 98.0 Å². The Morgan fingerprint density at radius 2 is 1.45 bits per heavy atom. The van der Waals surface area contributed by atoms with Gasteiger partial charge in [0.2, 0.25) is 5.91 Å². The van der Waals surface area contributed by atoms with Gasteiger partial charge in [-0.1, -0.05) is 36.4 Å². The van der Waals surface area contributed by atoms with Crippen molar-refractivity contribution in [2.24, 2.45) is 10.7 Å². The smallest absolute Gasteiger partial charge is 0.242 e. The predicted octanol–water partition coefficient (Wildman–Crippen LogP) is 2.67. The first-order chi connectivity index (χ1) is 13.7. The van der Waals surface area contributed by atoms with E-state index < -0.39 is 0 Å². The van der Waals surface area contributed by atoms with Crippen molar-refractivity contribution < 1.29 is 14.3 Å². The molecule has 2 unspecified atom stereocenters. The quantitative estimate of drug-likeness (QED) is 0.335. The van der Waals surface area contributed by atoms with Crippen molar-refractivity contribution in [1.82, 2.24) is 10.6 Å². The zero-order chi connectivity index (χ0) is 19.3. The molecule has 7 nitrogen and oxygen atoms in total. The number of nitrogens with zero attached hydrogens (tertiary/aromatic N) is 1. The van der Waals surface area contributed by atoms with E-state index in [9.17, 15) is 4.79 Å². The van der Waals surface area contributed by atoms with E-state index in [1.54, 1.807) is 0 Å². The minimum Gasteiger partial charge on any atom is -0.493 e. The Morgan fingerprint density at radius 1 is 0.931 bits per heavy atom. The van der Waals surface area contributed by atoms with E-state index in [0.29, 0.717) is 13.2 Å². The maximum Gasteiger partial charge on any atom is 0.242 e. The molecule has 29 heavy (non-hydrogen) atoms. The molecule has 0 saturated carbocycles. The lowest BCUT2D eigenvalue weighted by Crippen LogP contribution is -2.39. The third-order valence-corrected chi connectivity index (χ3v) is 4.97. The van der Waals surface area contributed by atoms with Crippen LogP contribution < -0.4 is 25.8 Å². The van der Waals surface area contributed by atoms with Crippen LogP contribution in [0.4, 0.5) is 0 Å². The van der Waals surface area contributed by atoms with Crippen LogP contribution in [0.5, 0.6) is 11.5 Å². The van der Waals surface area contributed by atoms with Crippen LogP contribution >= 0.6 is 24.0 Å². The van der Waals surface area contributed by atoms with Crippen molar-refractivity contribution in [2.45, 2.75) is 24.9 Å².